The van der Waals surface area contributed by atoms with E-state index in [1.165, 1.54) is 0 Å². The van der Waals surface area contributed by atoms with Crippen LogP contribution >= 0.6 is 0 Å². The maximum atomic E-state index is 10.7. The van der Waals surface area contributed by atoms with Gasteiger partial charge in [0.25, 0.3) is 5.88 Å². The molecule has 0 aliphatic carbocycles. The summed E-state index contributed by atoms with van der Waals surface area (Å²) < 4.78 is 5.27. The Kier molecular flexibility index (Phi) is 5.78. The molecule has 0 fully saturated rings. The smallest absolute Gasteiger partial charge is 0.349 e. The second-order valence-corrected chi connectivity index (χ2v) is 3.52. The molecule has 100 valence electrons. The number of rotatable bonds is 8. The van der Waals surface area contributed by atoms with Crippen LogP contribution in [-0.2, 0) is 0 Å². The first kappa shape index (κ1) is 14.1. The van der Waals surface area contributed by atoms with Gasteiger partial charge in [0.1, 0.15) is 6.20 Å². The number of hydrogen-bond acceptors (Lipinski definition) is 7. The molecule has 0 atom stereocenters. The standard InChI is InChI=1S/C10H16N4O4/c1-11-10-12-7-8(14(16)17)9(13-10)18-6-4-2-3-5-15/h7,15H,2-6H2,1H3,(H,11,12,13). The summed E-state index contributed by atoms with van der Waals surface area (Å²) in [7, 11) is 1.62. The number of ether oxygens (including phenoxy) is 1. The van der Waals surface area contributed by atoms with Crippen molar-refractivity contribution in [3.8, 4) is 5.88 Å². The molecule has 0 aromatic carbocycles. The molecule has 0 bridgehead atoms. The second kappa shape index (κ2) is 7.38. The lowest BCUT2D eigenvalue weighted by Crippen LogP contribution is -2.06. The van der Waals surface area contributed by atoms with Gasteiger partial charge >= 0.3 is 5.69 Å². The molecule has 2 N–H and O–H groups in total. The first-order valence-electron chi connectivity index (χ1n) is 5.62. The third-order valence-corrected chi connectivity index (χ3v) is 2.20. The normalized spacial score (nSPS) is 10.1. The van der Waals surface area contributed by atoms with Crippen LogP contribution in [0.4, 0.5) is 11.6 Å². The van der Waals surface area contributed by atoms with Crippen molar-refractivity contribution in [1.82, 2.24) is 9.97 Å². The van der Waals surface area contributed by atoms with Crippen molar-refractivity contribution in [3.05, 3.63) is 16.3 Å². The number of nitro groups is 1. The quantitative estimate of drug-likeness (QED) is 0.405. The van der Waals surface area contributed by atoms with Gasteiger partial charge in [-0.1, -0.05) is 0 Å². The fourth-order valence-electron chi connectivity index (χ4n) is 1.27. The van der Waals surface area contributed by atoms with Crippen molar-refractivity contribution in [1.29, 1.82) is 0 Å². The summed E-state index contributed by atoms with van der Waals surface area (Å²) in [4.78, 5) is 17.8. The van der Waals surface area contributed by atoms with Crippen LogP contribution in [0.3, 0.4) is 0 Å². The van der Waals surface area contributed by atoms with Crippen LogP contribution in [0.15, 0.2) is 6.20 Å². The van der Waals surface area contributed by atoms with Gasteiger partial charge < -0.3 is 15.2 Å². The Morgan fingerprint density at radius 1 is 1.50 bits per heavy atom. The van der Waals surface area contributed by atoms with Crippen molar-refractivity contribution in [2.75, 3.05) is 25.6 Å². The van der Waals surface area contributed by atoms with Gasteiger partial charge in [-0.3, -0.25) is 10.1 Å². The molecular formula is C10H16N4O4. The number of aliphatic hydroxyl groups is 1. The van der Waals surface area contributed by atoms with Crippen molar-refractivity contribution in [3.63, 3.8) is 0 Å². The fraction of sp³-hybridized carbons (Fsp3) is 0.600. The molecule has 0 saturated carbocycles. The van der Waals surface area contributed by atoms with E-state index in [-0.39, 0.29) is 24.1 Å². The zero-order valence-electron chi connectivity index (χ0n) is 10.1. The van der Waals surface area contributed by atoms with E-state index >= 15 is 0 Å². The molecule has 1 heterocycles. The molecule has 0 aliphatic heterocycles. The van der Waals surface area contributed by atoms with Gasteiger partial charge in [-0.25, -0.2) is 4.98 Å². The molecule has 0 spiro atoms. The zero-order valence-corrected chi connectivity index (χ0v) is 10.1. The van der Waals surface area contributed by atoms with Crippen LogP contribution in [0.2, 0.25) is 0 Å². The number of unbranched alkanes of at least 4 members (excludes halogenated alkanes) is 2. The zero-order chi connectivity index (χ0) is 13.4. The number of nitrogens with zero attached hydrogens (tertiary/aromatic N) is 3. The van der Waals surface area contributed by atoms with Crippen molar-refractivity contribution < 1.29 is 14.8 Å². The average Bonchev–Trinajstić information content (AvgIpc) is 2.38. The summed E-state index contributed by atoms with van der Waals surface area (Å²) in [6.07, 6.45) is 3.31. The third kappa shape index (κ3) is 4.13. The molecule has 0 aliphatic rings. The fourth-order valence-corrected chi connectivity index (χ4v) is 1.27. The molecule has 1 aromatic heterocycles. The highest BCUT2D eigenvalue weighted by molar-refractivity contribution is 5.42. The van der Waals surface area contributed by atoms with Crippen LogP contribution < -0.4 is 10.1 Å². The minimum Gasteiger partial charge on any atom is -0.473 e. The summed E-state index contributed by atoms with van der Waals surface area (Å²) >= 11 is 0. The maximum absolute atomic E-state index is 10.7. The predicted octanol–water partition coefficient (Wildman–Crippen LogP) is 0.968. The van der Waals surface area contributed by atoms with Crippen molar-refractivity contribution >= 4 is 11.6 Å². The van der Waals surface area contributed by atoms with E-state index in [1.54, 1.807) is 7.05 Å². The molecule has 0 amide bonds. The van der Waals surface area contributed by atoms with Crippen LogP contribution in [0.25, 0.3) is 0 Å². The van der Waals surface area contributed by atoms with E-state index in [0.29, 0.717) is 19.4 Å². The first-order chi connectivity index (χ1) is 8.69. The Morgan fingerprint density at radius 2 is 2.28 bits per heavy atom. The van der Waals surface area contributed by atoms with Gasteiger partial charge in [0.05, 0.1) is 11.5 Å². The van der Waals surface area contributed by atoms with Gasteiger partial charge in [0.2, 0.25) is 5.95 Å². The van der Waals surface area contributed by atoms with Gasteiger partial charge in [-0.05, 0) is 19.3 Å². The van der Waals surface area contributed by atoms with Crippen molar-refractivity contribution in [2.24, 2.45) is 0 Å². The number of aromatic nitrogens is 2. The van der Waals surface area contributed by atoms with E-state index in [9.17, 15) is 10.1 Å². The van der Waals surface area contributed by atoms with Gasteiger partial charge in [-0.2, -0.15) is 4.98 Å². The Labute approximate surface area is 104 Å². The van der Waals surface area contributed by atoms with E-state index in [4.69, 9.17) is 9.84 Å². The minimum atomic E-state index is -0.581. The largest absolute Gasteiger partial charge is 0.473 e. The Hall–Kier alpha value is -1.96. The summed E-state index contributed by atoms with van der Waals surface area (Å²) in [5, 5.41) is 22.0. The van der Waals surface area contributed by atoms with Gasteiger partial charge in [0.15, 0.2) is 0 Å². The van der Waals surface area contributed by atoms with Gasteiger partial charge in [0, 0.05) is 13.7 Å². The molecule has 0 saturated heterocycles. The summed E-state index contributed by atoms with van der Waals surface area (Å²) in [6.45, 7) is 0.457. The van der Waals surface area contributed by atoms with E-state index in [0.717, 1.165) is 12.6 Å². The van der Waals surface area contributed by atoms with Gasteiger partial charge in [-0.15, -0.1) is 0 Å². The Balaban J connectivity index is 2.63. The highest BCUT2D eigenvalue weighted by Gasteiger charge is 2.18. The van der Waals surface area contributed by atoms with Crippen molar-refractivity contribution in [2.45, 2.75) is 19.3 Å². The topological polar surface area (TPSA) is 110 Å². The third-order valence-electron chi connectivity index (χ3n) is 2.20. The van der Waals surface area contributed by atoms with Crippen LogP contribution in [0.5, 0.6) is 5.88 Å². The van der Waals surface area contributed by atoms with Crippen LogP contribution in [0.1, 0.15) is 19.3 Å². The SMILES string of the molecule is CNc1ncc([N+](=O)[O-])c(OCCCCCO)n1. The second-order valence-electron chi connectivity index (χ2n) is 3.52. The number of hydrogen-bond donors (Lipinski definition) is 2. The number of aliphatic hydroxyl groups excluding tert-OH is 1. The monoisotopic (exact) mass is 256 g/mol. The minimum absolute atomic E-state index is 0.0386. The molecule has 0 unspecified atom stereocenters. The molecule has 1 aromatic rings. The highest BCUT2D eigenvalue weighted by Crippen LogP contribution is 2.24. The van der Waals surface area contributed by atoms with E-state index in [1.807, 2.05) is 0 Å². The molecule has 8 heteroatoms. The molecule has 0 radical (unpaired) electrons. The highest BCUT2D eigenvalue weighted by atomic mass is 16.6. The number of nitrogens with one attached hydrogen (secondary N) is 1. The maximum Gasteiger partial charge on any atom is 0.349 e. The number of anilines is 1. The summed E-state index contributed by atoms with van der Waals surface area (Å²) in [5.41, 5.74) is -0.254. The molecular weight excluding hydrogens is 240 g/mol. The Morgan fingerprint density at radius 3 is 2.89 bits per heavy atom. The first-order valence-corrected chi connectivity index (χ1v) is 5.62. The lowest BCUT2D eigenvalue weighted by molar-refractivity contribution is -0.386. The van der Waals surface area contributed by atoms with Crippen LogP contribution in [-0.4, -0.2) is 40.3 Å². The Bertz CT molecular complexity index is 399. The lowest BCUT2D eigenvalue weighted by atomic mass is 10.2. The van der Waals surface area contributed by atoms with E-state index in [2.05, 4.69) is 15.3 Å². The summed E-state index contributed by atoms with van der Waals surface area (Å²) in [6, 6.07) is 0. The molecule has 1 rings (SSSR count). The summed E-state index contributed by atoms with van der Waals surface area (Å²) in [5.74, 6) is 0.231. The van der Waals surface area contributed by atoms with E-state index < -0.39 is 4.92 Å². The lowest BCUT2D eigenvalue weighted by Gasteiger charge is -2.06. The van der Waals surface area contributed by atoms with Crippen LogP contribution in [0, 0.1) is 10.1 Å². The molecule has 8 nitrogen and oxygen atoms in total. The predicted molar refractivity (Wildman–Crippen MR) is 64.7 cm³/mol. The average molecular weight is 256 g/mol. The molecule has 18 heavy (non-hydrogen) atoms.